The molecule has 1 aliphatic heterocycles. The van der Waals surface area contributed by atoms with Gasteiger partial charge in [0.25, 0.3) is 11.8 Å². The number of hydrogen-bond acceptors (Lipinski definition) is 5. The minimum absolute atomic E-state index is 0.0888. The van der Waals surface area contributed by atoms with Gasteiger partial charge >= 0.3 is 0 Å². The van der Waals surface area contributed by atoms with Crippen molar-refractivity contribution in [1.82, 2.24) is 20.9 Å². The number of carbonyl (C=O) groups is 2. The SMILES string of the molecule is CN(C)CCNC(=O)c1ccc(CNC(=O)C2CNCCO2)cc1. The van der Waals surface area contributed by atoms with E-state index in [2.05, 4.69) is 16.0 Å². The maximum absolute atomic E-state index is 12.0. The highest BCUT2D eigenvalue weighted by Gasteiger charge is 2.21. The average molecular weight is 334 g/mol. The Hall–Kier alpha value is -1.96. The van der Waals surface area contributed by atoms with Crippen LogP contribution in [0.25, 0.3) is 0 Å². The van der Waals surface area contributed by atoms with Crippen molar-refractivity contribution < 1.29 is 14.3 Å². The summed E-state index contributed by atoms with van der Waals surface area (Å²) in [4.78, 5) is 26.0. The number of benzene rings is 1. The van der Waals surface area contributed by atoms with Crippen molar-refractivity contribution in [3.05, 3.63) is 35.4 Å². The summed E-state index contributed by atoms with van der Waals surface area (Å²) >= 11 is 0. The topological polar surface area (TPSA) is 82.7 Å². The molecule has 1 aromatic carbocycles. The standard InChI is InChI=1S/C17H26N4O3/c1-21(2)9-7-19-16(22)14-5-3-13(4-6-14)11-20-17(23)15-12-18-8-10-24-15/h3-6,15,18H,7-12H2,1-2H3,(H,19,22)(H,20,23). The summed E-state index contributed by atoms with van der Waals surface area (Å²) in [6.07, 6.45) is -0.430. The predicted octanol–water partition coefficient (Wildman–Crippen LogP) is -0.417. The summed E-state index contributed by atoms with van der Waals surface area (Å²) in [6.45, 7) is 3.70. The first-order valence-electron chi connectivity index (χ1n) is 8.18. The Bertz CT molecular complexity index is 539. The van der Waals surface area contributed by atoms with Crippen molar-refractivity contribution in [3.8, 4) is 0 Å². The highest BCUT2D eigenvalue weighted by molar-refractivity contribution is 5.94. The summed E-state index contributed by atoms with van der Waals surface area (Å²) in [6, 6.07) is 7.23. The van der Waals surface area contributed by atoms with Crippen LogP contribution in [0, 0.1) is 0 Å². The summed E-state index contributed by atoms with van der Waals surface area (Å²) in [5, 5.41) is 8.85. The van der Waals surface area contributed by atoms with Gasteiger partial charge in [-0.15, -0.1) is 0 Å². The molecule has 0 radical (unpaired) electrons. The number of amides is 2. The normalized spacial score (nSPS) is 17.5. The van der Waals surface area contributed by atoms with E-state index in [-0.39, 0.29) is 11.8 Å². The van der Waals surface area contributed by atoms with Crippen molar-refractivity contribution in [2.75, 3.05) is 46.9 Å². The van der Waals surface area contributed by atoms with Crippen LogP contribution in [0.4, 0.5) is 0 Å². The van der Waals surface area contributed by atoms with E-state index in [4.69, 9.17) is 4.74 Å². The third-order valence-electron chi connectivity index (χ3n) is 3.75. The number of nitrogens with one attached hydrogen (secondary N) is 3. The van der Waals surface area contributed by atoms with Gasteiger partial charge in [-0.1, -0.05) is 12.1 Å². The molecule has 1 saturated heterocycles. The van der Waals surface area contributed by atoms with Crippen molar-refractivity contribution in [2.24, 2.45) is 0 Å². The van der Waals surface area contributed by atoms with E-state index < -0.39 is 6.10 Å². The minimum atomic E-state index is -0.430. The second-order valence-corrected chi connectivity index (χ2v) is 6.04. The molecule has 7 nitrogen and oxygen atoms in total. The van der Waals surface area contributed by atoms with Gasteiger partial charge in [0.15, 0.2) is 0 Å². The van der Waals surface area contributed by atoms with E-state index in [0.29, 0.717) is 31.8 Å². The molecule has 0 aromatic heterocycles. The van der Waals surface area contributed by atoms with Crippen LogP contribution >= 0.6 is 0 Å². The van der Waals surface area contributed by atoms with Gasteiger partial charge in [-0.3, -0.25) is 9.59 Å². The molecule has 2 amide bonds. The lowest BCUT2D eigenvalue weighted by atomic mass is 10.1. The van der Waals surface area contributed by atoms with Crippen LogP contribution in [-0.4, -0.2) is 69.7 Å². The van der Waals surface area contributed by atoms with Crippen LogP contribution in [0.5, 0.6) is 0 Å². The molecule has 7 heteroatoms. The molecule has 0 aliphatic carbocycles. The van der Waals surface area contributed by atoms with Crippen molar-refractivity contribution >= 4 is 11.8 Å². The first-order chi connectivity index (χ1) is 11.6. The first kappa shape index (κ1) is 18.4. The van der Waals surface area contributed by atoms with Gasteiger partial charge in [-0.2, -0.15) is 0 Å². The van der Waals surface area contributed by atoms with Gasteiger partial charge in [0, 0.05) is 38.3 Å². The van der Waals surface area contributed by atoms with Gasteiger partial charge in [-0.05, 0) is 31.8 Å². The highest BCUT2D eigenvalue weighted by atomic mass is 16.5. The quantitative estimate of drug-likeness (QED) is 0.631. The molecule has 132 valence electrons. The Balaban J connectivity index is 1.76. The van der Waals surface area contributed by atoms with Crippen LogP contribution in [0.15, 0.2) is 24.3 Å². The Morgan fingerprint density at radius 1 is 1.25 bits per heavy atom. The Labute approximate surface area is 142 Å². The fraction of sp³-hybridized carbons (Fsp3) is 0.529. The third kappa shape index (κ3) is 5.92. The van der Waals surface area contributed by atoms with Crippen molar-refractivity contribution in [3.63, 3.8) is 0 Å². The molecule has 1 heterocycles. The van der Waals surface area contributed by atoms with E-state index in [9.17, 15) is 9.59 Å². The number of ether oxygens (including phenoxy) is 1. The maximum Gasteiger partial charge on any atom is 0.251 e. The lowest BCUT2D eigenvalue weighted by Crippen LogP contribution is -2.47. The lowest BCUT2D eigenvalue weighted by Gasteiger charge is -2.22. The zero-order valence-electron chi connectivity index (χ0n) is 14.3. The van der Waals surface area contributed by atoms with Crippen molar-refractivity contribution in [1.29, 1.82) is 0 Å². The summed E-state index contributed by atoms with van der Waals surface area (Å²) < 4.78 is 5.40. The smallest absolute Gasteiger partial charge is 0.251 e. The van der Waals surface area contributed by atoms with Gasteiger partial charge in [-0.25, -0.2) is 0 Å². The van der Waals surface area contributed by atoms with Crippen LogP contribution in [0.2, 0.25) is 0 Å². The predicted molar refractivity (Wildman–Crippen MR) is 91.8 cm³/mol. The van der Waals surface area contributed by atoms with E-state index in [1.165, 1.54) is 0 Å². The van der Waals surface area contributed by atoms with Crippen LogP contribution in [-0.2, 0) is 16.1 Å². The molecule has 0 saturated carbocycles. The van der Waals surface area contributed by atoms with Gasteiger partial charge in [0.2, 0.25) is 0 Å². The number of carbonyl (C=O) groups excluding carboxylic acids is 2. The lowest BCUT2D eigenvalue weighted by molar-refractivity contribution is -0.134. The largest absolute Gasteiger partial charge is 0.366 e. The molecule has 3 N–H and O–H groups in total. The highest BCUT2D eigenvalue weighted by Crippen LogP contribution is 2.05. The molecule has 1 fully saturated rings. The zero-order valence-corrected chi connectivity index (χ0v) is 14.3. The fourth-order valence-corrected chi connectivity index (χ4v) is 2.31. The number of hydrogen-bond donors (Lipinski definition) is 3. The molecule has 1 aliphatic rings. The summed E-state index contributed by atoms with van der Waals surface area (Å²) in [5.41, 5.74) is 1.56. The number of rotatable bonds is 7. The monoisotopic (exact) mass is 334 g/mol. The first-order valence-corrected chi connectivity index (χ1v) is 8.18. The maximum atomic E-state index is 12.0. The molecule has 1 unspecified atom stereocenters. The third-order valence-corrected chi connectivity index (χ3v) is 3.75. The molecule has 1 aromatic rings. The molecule has 2 rings (SSSR count). The fourth-order valence-electron chi connectivity index (χ4n) is 2.31. The molecule has 0 spiro atoms. The molecular formula is C17H26N4O3. The Kier molecular flexibility index (Phi) is 7.17. The summed E-state index contributed by atoms with van der Waals surface area (Å²) in [7, 11) is 3.92. The molecule has 1 atom stereocenters. The molecule has 0 bridgehead atoms. The average Bonchev–Trinajstić information content (AvgIpc) is 2.60. The van der Waals surface area contributed by atoms with E-state index in [0.717, 1.165) is 18.7 Å². The number of morpholine rings is 1. The van der Waals surface area contributed by atoms with Gasteiger partial charge in [0.1, 0.15) is 6.10 Å². The van der Waals surface area contributed by atoms with Crippen LogP contribution in [0.3, 0.4) is 0 Å². The van der Waals surface area contributed by atoms with Crippen LogP contribution < -0.4 is 16.0 Å². The number of nitrogens with zero attached hydrogens (tertiary/aromatic N) is 1. The van der Waals surface area contributed by atoms with E-state index >= 15 is 0 Å². The second kappa shape index (κ2) is 9.36. The summed E-state index contributed by atoms with van der Waals surface area (Å²) in [5.74, 6) is -0.207. The van der Waals surface area contributed by atoms with E-state index in [1.807, 2.05) is 31.1 Å². The Morgan fingerprint density at radius 3 is 2.62 bits per heavy atom. The minimum Gasteiger partial charge on any atom is -0.366 e. The second-order valence-electron chi connectivity index (χ2n) is 6.04. The number of likely N-dealkylation sites (N-methyl/N-ethyl adjacent to an activating group) is 1. The van der Waals surface area contributed by atoms with Gasteiger partial charge < -0.3 is 25.6 Å². The molecule has 24 heavy (non-hydrogen) atoms. The van der Waals surface area contributed by atoms with Crippen molar-refractivity contribution in [2.45, 2.75) is 12.6 Å². The Morgan fingerprint density at radius 2 is 2.00 bits per heavy atom. The van der Waals surface area contributed by atoms with Crippen LogP contribution in [0.1, 0.15) is 15.9 Å². The molecular weight excluding hydrogens is 308 g/mol. The van der Waals surface area contributed by atoms with E-state index in [1.54, 1.807) is 12.1 Å². The van der Waals surface area contributed by atoms with Gasteiger partial charge in [0.05, 0.1) is 6.61 Å². The zero-order chi connectivity index (χ0) is 17.4.